The van der Waals surface area contributed by atoms with Crippen molar-refractivity contribution < 1.29 is 4.79 Å². The fourth-order valence-corrected chi connectivity index (χ4v) is 2.63. The van der Waals surface area contributed by atoms with Crippen molar-refractivity contribution in [3.63, 3.8) is 0 Å². The van der Waals surface area contributed by atoms with Gasteiger partial charge < -0.3 is 15.5 Å². The van der Waals surface area contributed by atoms with Crippen molar-refractivity contribution in [3.05, 3.63) is 0 Å². The van der Waals surface area contributed by atoms with Crippen molar-refractivity contribution in [2.75, 3.05) is 26.7 Å². The second-order valence-corrected chi connectivity index (χ2v) is 4.21. The van der Waals surface area contributed by atoms with Gasteiger partial charge >= 0.3 is 0 Å². The van der Waals surface area contributed by atoms with E-state index in [2.05, 4.69) is 15.5 Å². The van der Waals surface area contributed by atoms with E-state index < -0.39 is 0 Å². The maximum absolute atomic E-state index is 11.8. The van der Waals surface area contributed by atoms with Crippen LogP contribution in [0.1, 0.15) is 19.3 Å². The molecule has 2 bridgehead atoms. The van der Waals surface area contributed by atoms with Gasteiger partial charge in [0, 0.05) is 18.6 Å². The van der Waals surface area contributed by atoms with Gasteiger partial charge in [-0.2, -0.15) is 0 Å². The molecule has 2 aliphatic rings. The normalized spacial score (nSPS) is 29.5. The summed E-state index contributed by atoms with van der Waals surface area (Å²) in [4.78, 5) is 14.0. The van der Waals surface area contributed by atoms with Crippen molar-refractivity contribution in [1.82, 2.24) is 15.5 Å². The van der Waals surface area contributed by atoms with Crippen molar-refractivity contribution in [1.29, 1.82) is 0 Å². The molecule has 1 amide bonds. The number of carbonyl (C=O) groups is 1. The molecule has 2 rings (SSSR count). The number of amides is 1. The molecule has 2 saturated heterocycles. The first-order valence-corrected chi connectivity index (χ1v) is 5.49. The smallest absolute Gasteiger partial charge is 0.237 e. The number of nitrogens with one attached hydrogen (secondary N) is 2. The summed E-state index contributed by atoms with van der Waals surface area (Å²) in [6, 6.07) is 0.944. The first-order valence-electron chi connectivity index (χ1n) is 5.49. The number of rotatable bonds is 2. The lowest BCUT2D eigenvalue weighted by atomic mass is 10.1. The number of halogens is 1. The Balaban J connectivity index is 0.00000112. The second-order valence-electron chi connectivity index (χ2n) is 4.21. The quantitative estimate of drug-likeness (QED) is 0.705. The molecule has 0 aromatic heterocycles. The molecule has 2 heterocycles. The molecule has 15 heavy (non-hydrogen) atoms. The Bertz CT molecular complexity index is 211. The molecule has 0 radical (unpaired) electrons. The first-order chi connectivity index (χ1) is 6.83. The van der Waals surface area contributed by atoms with E-state index in [1.807, 2.05) is 7.05 Å². The number of likely N-dealkylation sites (N-methyl/N-ethyl adjacent to an activating group) is 1. The van der Waals surface area contributed by atoms with Crippen LogP contribution in [0, 0.1) is 0 Å². The molecular weight excluding hydrogens is 214 g/mol. The van der Waals surface area contributed by atoms with Gasteiger partial charge in [0.15, 0.2) is 0 Å². The predicted octanol–water partition coefficient (Wildman–Crippen LogP) is -0.0195. The summed E-state index contributed by atoms with van der Waals surface area (Å²) in [6.45, 7) is 2.52. The van der Waals surface area contributed by atoms with E-state index >= 15 is 0 Å². The van der Waals surface area contributed by atoms with Gasteiger partial charge in [-0.05, 0) is 32.9 Å². The second kappa shape index (κ2) is 5.68. The van der Waals surface area contributed by atoms with E-state index in [0.717, 1.165) is 19.5 Å². The van der Waals surface area contributed by atoms with Gasteiger partial charge in [-0.1, -0.05) is 0 Å². The molecule has 4 nitrogen and oxygen atoms in total. The van der Waals surface area contributed by atoms with Crippen LogP contribution in [0.25, 0.3) is 0 Å². The lowest BCUT2D eigenvalue weighted by Gasteiger charge is -2.27. The highest BCUT2D eigenvalue weighted by Gasteiger charge is 2.37. The van der Waals surface area contributed by atoms with E-state index in [4.69, 9.17) is 0 Å². The fourth-order valence-electron chi connectivity index (χ4n) is 2.63. The van der Waals surface area contributed by atoms with Crippen LogP contribution in [0.2, 0.25) is 0 Å². The van der Waals surface area contributed by atoms with Crippen LogP contribution < -0.4 is 10.6 Å². The zero-order valence-electron chi connectivity index (χ0n) is 9.16. The van der Waals surface area contributed by atoms with Crippen LogP contribution in [-0.4, -0.2) is 49.6 Å². The summed E-state index contributed by atoms with van der Waals surface area (Å²) < 4.78 is 0. The SMILES string of the molecule is CNCC(=O)N1C2CCNCC1CC2.Cl. The molecule has 2 unspecified atom stereocenters. The highest BCUT2D eigenvalue weighted by molar-refractivity contribution is 5.85. The number of hydrogen-bond donors (Lipinski definition) is 2. The topological polar surface area (TPSA) is 44.4 Å². The Kier molecular flexibility index (Phi) is 4.83. The molecule has 2 N–H and O–H groups in total. The molecule has 0 aromatic carbocycles. The number of nitrogens with zero attached hydrogens (tertiary/aromatic N) is 1. The van der Waals surface area contributed by atoms with Crippen LogP contribution in [0.3, 0.4) is 0 Å². The van der Waals surface area contributed by atoms with E-state index in [-0.39, 0.29) is 18.3 Å². The minimum Gasteiger partial charge on any atom is -0.334 e. The van der Waals surface area contributed by atoms with Gasteiger partial charge in [-0.3, -0.25) is 4.79 Å². The van der Waals surface area contributed by atoms with E-state index in [0.29, 0.717) is 18.6 Å². The fraction of sp³-hybridized carbons (Fsp3) is 0.900. The zero-order valence-corrected chi connectivity index (χ0v) is 9.98. The third-order valence-corrected chi connectivity index (χ3v) is 3.27. The minimum absolute atomic E-state index is 0. The molecule has 5 heteroatoms. The van der Waals surface area contributed by atoms with Crippen molar-refractivity contribution in [2.24, 2.45) is 0 Å². The maximum Gasteiger partial charge on any atom is 0.237 e. The molecule has 0 spiro atoms. The Hall–Kier alpha value is -0.320. The van der Waals surface area contributed by atoms with Gasteiger partial charge in [-0.25, -0.2) is 0 Å². The lowest BCUT2D eigenvalue weighted by molar-refractivity contribution is -0.132. The number of hydrogen-bond acceptors (Lipinski definition) is 3. The van der Waals surface area contributed by atoms with Gasteiger partial charge in [0.1, 0.15) is 0 Å². The summed E-state index contributed by atoms with van der Waals surface area (Å²) in [7, 11) is 1.83. The highest BCUT2D eigenvalue weighted by atomic mass is 35.5. The summed E-state index contributed by atoms with van der Waals surface area (Å²) in [5.74, 6) is 0.267. The van der Waals surface area contributed by atoms with Crippen molar-refractivity contribution in [2.45, 2.75) is 31.3 Å². The van der Waals surface area contributed by atoms with E-state index in [9.17, 15) is 4.79 Å². The van der Waals surface area contributed by atoms with Crippen LogP contribution in [0.15, 0.2) is 0 Å². The van der Waals surface area contributed by atoms with Gasteiger partial charge in [0.25, 0.3) is 0 Å². The highest BCUT2D eigenvalue weighted by Crippen LogP contribution is 2.27. The Morgan fingerprint density at radius 2 is 2.13 bits per heavy atom. The molecule has 0 aliphatic carbocycles. The number of fused-ring (bicyclic) bond motifs is 2. The van der Waals surface area contributed by atoms with Crippen molar-refractivity contribution >= 4 is 18.3 Å². The average molecular weight is 234 g/mol. The first kappa shape index (κ1) is 12.7. The summed E-state index contributed by atoms with van der Waals surface area (Å²) in [6.07, 6.45) is 3.49. The molecule has 0 saturated carbocycles. The summed E-state index contributed by atoms with van der Waals surface area (Å²) >= 11 is 0. The van der Waals surface area contributed by atoms with Crippen molar-refractivity contribution in [3.8, 4) is 0 Å². The minimum atomic E-state index is 0. The Morgan fingerprint density at radius 1 is 1.40 bits per heavy atom. The molecule has 2 fully saturated rings. The Morgan fingerprint density at radius 3 is 2.87 bits per heavy atom. The van der Waals surface area contributed by atoms with Crippen LogP contribution in [-0.2, 0) is 4.79 Å². The molecule has 0 aromatic rings. The molecule has 2 atom stereocenters. The predicted molar refractivity (Wildman–Crippen MR) is 62.3 cm³/mol. The largest absolute Gasteiger partial charge is 0.334 e. The third kappa shape index (κ3) is 2.62. The summed E-state index contributed by atoms with van der Waals surface area (Å²) in [5, 5.41) is 6.33. The lowest BCUT2D eigenvalue weighted by Crippen LogP contribution is -2.45. The van der Waals surface area contributed by atoms with Crippen LogP contribution in [0.5, 0.6) is 0 Å². The van der Waals surface area contributed by atoms with Crippen LogP contribution >= 0.6 is 12.4 Å². The van der Waals surface area contributed by atoms with Gasteiger partial charge in [0.2, 0.25) is 5.91 Å². The summed E-state index contributed by atoms with van der Waals surface area (Å²) in [5.41, 5.74) is 0. The van der Waals surface area contributed by atoms with Gasteiger partial charge in [0.05, 0.1) is 6.54 Å². The average Bonchev–Trinajstić information content (AvgIpc) is 2.40. The third-order valence-electron chi connectivity index (χ3n) is 3.27. The molecule has 88 valence electrons. The number of carbonyl (C=O) groups excluding carboxylic acids is 1. The zero-order chi connectivity index (χ0) is 9.97. The molecule has 2 aliphatic heterocycles. The van der Waals surface area contributed by atoms with E-state index in [1.165, 1.54) is 12.8 Å². The molecular formula is C10H20ClN3O. The van der Waals surface area contributed by atoms with Crippen LogP contribution in [0.4, 0.5) is 0 Å². The van der Waals surface area contributed by atoms with E-state index in [1.54, 1.807) is 0 Å². The standard InChI is InChI=1S/C10H19N3O.ClH/c1-11-7-10(14)13-8-2-3-9(13)6-12-5-4-8;/h8-9,11-12H,2-7H2,1H3;1H. The Labute approximate surface area is 97.2 Å². The van der Waals surface area contributed by atoms with Gasteiger partial charge in [-0.15, -0.1) is 12.4 Å². The monoisotopic (exact) mass is 233 g/mol. The maximum atomic E-state index is 11.8.